The minimum absolute atomic E-state index is 0.0430. The van der Waals surface area contributed by atoms with Gasteiger partial charge in [-0.25, -0.2) is 4.68 Å². The third kappa shape index (κ3) is 3.42. The predicted octanol–water partition coefficient (Wildman–Crippen LogP) is 4.01. The Labute approximate surface area is 154 Å². The molecule has 2 aliphatic heterocycles. The third-order valence-electron chi connectivity index (χ3n) is 5.37. The Morgan fingerprint density at radius 3 is 2.70 bits per heavy atom. The highest BCUT2D eigenvalue weighted by Crippen LogP contribution is 2.43. The number of aromatic nitrogens is 2. The van der Waals surface area contributed by atoms with E-state index in [4.69, 9.17) is 4.42 Å². The van der Waals surface area contributed by atoms with Gasteiger partial charge in [-0.15, -0.1) is 0 Å². The summed E-state index contributed by atoms with van der Waals surface area (Å²) in [5, 5.41) is 7.04. The van der Waals surface area contributed by atoms with Crippen LogP contribution in [0, 0.1) is 5.92 Å². The van der Waals surface area contributed by atoms with E-state index in [0.717, 1.165) is 17.5 Å². The van der Waals surface area contributed by atoms with Crippen LogP contribution in [0.25, 0.3) is 0 Å². The van der Waals surface area contributed by atoms with Gasteiger partial charge in [-0.1, -0.05) is 6.92 Å². The molecule has 2 aromatic rings. The molecule has 1 N–H and O–H groups in total. The molecular weight excluding hydrogens is 361 g/mol. The van der Waals surface area contributed by atoms with E-state index < -0.39 is 18.3 Å². The molecular formula is C18H21F3N4O2. The van der Waals surface area contributed by atoms with Crippen molar-refractivity contribution in [3.05, 3.63) is 35.9 Å². The molecule has 2 atom stereocenters. The number of anilines is 1. The lowest BCUT2D eigenvalue weighted by atomic mass is 9.99. The summed E-state index contributed by atoms with van der Waals surface area (Å²) in [5.41, 5.74) is 0.0430. The summed E-state index contributed by atoms with van der Waals surface area (Å²) in [5.74, 6) is 0.837. The van der Waals surface area contributed by atoms with E-state index in [-0.39, 0.29) is 23.8 Å². The molecule has 9 heteroatoms. The van der Waals surface area contributed by atoms with Gasteiger partial charge in [-0.2, -0.15) is 18.3 Å². The van der Waals surface area contributed by atoms with Gasteiger partial charge in [0.05, 0.1) is 12.3 Å². The second kappa shape index (κ2) is 6.61. The zero-order valence-electron chi connectivity index (χ0n) is 14.9. The number of carbonyl (C=O) groups is 1. The number of halogens is 3. The molecule has 0 aliphatic carbocycles. The summed E-state index contributed by atoms with van der Waals surface area (Å²) in [4.78, 5) is 14.4. The minimum atomic E-state index is -4.48. The SMILES string of the molecule is CC1CCN(C(=O)c2cc3n(n2)[C@@H](C(F)(F)F)C[C@@H](c2ccco2)N3)CC1. The molecule has 0 aromatic carbocycles. The summed E-state index contributed by atoms with van der Waals surface area (Å²) in [6.45, 7) is 3.34. The Bertz CT molecular complexity index is 807. The average Bonchev–Trinajstić information content (AvgIpc) is 3.29. The second-order valence-electron chi connectivity index (χ2n) is 7.34. The van der Waals surface area contributed by atoms with Crippen LogP contribution in [0.1, 0.15) is 54.5 Å². The molecule has 0 radical (unpaired) electrons. The van der Waals surface area contributed by atoms with E-state index in [0.29, 0.717) is 24.8 Å². The molecule has 0 spiro atoms. The molecule has 0 bridgehead atoms. The number of rotatable bonds is 2. The van der Waals surface area contributed by atoms with E-state index >= 15 is 0 Å². The van der Waals surface area contributed by atoms with Crippen LogP contribution in [0.15, 0.2) is 28.9 Å². The highest BCUT2D eigenvalue weighted by atomic mass is 19.4. The summed E-state index contributed by atoms with van der Waals surface area (Å²) in [6.07, 6.45) is -1.51. The van der Waals surface area contributed by atoms with Crippen LogP contribution >= 0.6 is 0 Å². The number of piperidine rings is 1. The number of alkyl halides is 3. The number of amides is 1. The van der Waals surface area contributed by atoms with E-state index in [1.54, 1.807) is 17.0 Å². The van der Waals surface area contributed by atoms with Crippen molar-refractivity contribution in [1.29, 1.82) is 0 Å². The molecule has 2 aromatic heterocycles. The fraction of sp³-hybridized carbons (Fsp3) is 0.556. The molecule has 6 nitrogen and oxygen atoms in total. The van der Waals surface area contributed by atoms with Crippen LogP contribution in [0.4, 0.5) is 19.0 Å². The molecule has 4 heterocycles. The summed E-state index contributed by atoms with van der Waals surface area (Å²) in [6, 6.07) is 2.24. The first kappa shape index (κ1) is 17.9. The lowest BCUT2D eigenvalue weighted by molar-refractivity contribution is -0.174. The average molecular weight is 382 g/mol. The quantitative estimate of drug-likeness (QED) is 0.853. The Kier molecular flexibility index (Phi) is 4.39. The molecule has 0 saturated carbocycles. The van der Waals surface area contributed by atoms with Crippen LogP contribution < -0.4 is 5.32 Å². The number of hydrogen-bond donors (Lipinski definition) is 1. The maximum absolute atomic E-state index is 13.6. The van der Waals surface area contributed by atoms with Crippen molar-refractivity contribution in [3.8, 4) is 0 Å². The summed E-state index contributed by atoms with van der Waals surface area (Å²) >= 11 is 0. The van der Waals surface area contributed by atoms with E-state index in [1.165, 1.54) is 12.3 Å². The van der Waals surface area contributed by atoms with Gasteiger partial charge in [-0.3, -0.25) is 4.79 Å². The molecule has 1 saturated heterocycles. The highest BCUT2D eigenvalue weighted by molar-refractivity contribution is 5.93. The molecule has 146 valence electrons. The second-order valence-corrected chi connectivity index (χ2v) is 7.34. The topological polar surface area (TPSA) is 63.3 Å². The van der Waals surface area contributed by atoms with Gasteiger partial charge < -0.3 is 14.6 Å². The Balaban J connectivity index is 1.63. The van der Waals surface area contributed by atoms with Gasteiger partial charge in [-0.05, 0) is 30.9 Å². The van der Waals surface area contributed by atoms with Gasteiger partial charge in [0, 0.05) is 25.6 Å². The zero-order chi connectivity index (χ0) is 19.2. The van der Waals surface area contributed by atoms with Crippen molar-refractivity contribution in [2.45, 2.75) is 44.4 Å². The van der Waals surface area contributed by atoms with Gasteiger partial charge in [0.2, 0.25) is 0 Å². The minimum Gasteiger partial charge on any atom is -0.467 e. The van der Waals surface area contributed by atoms with Crippen molar-refractivity contribution in [2.24, 2.45) is 5.92 Å². The third-order valence-corrected chi connectivity index (χ3v) is 5.37. The maximum Gasteiger partial charge on any atom is 0.410 e. The molecule has 4 rings (SSSR count). The number of fused-ring (bicyclic) bond motifs is 1. The fourth-order valence-corrected chi connectivity index (χ4v) is 3.73. The predicted molar refractivity (Wildman–Crippen MR) is 91.3 cm³/mol. The van der Waals surface area contributed by atoms with Crippen molar-refractivity contribution < 1.29 is 22.4 Å². The first-order chi connectivity index (χ1) is 12.8. The van der Waals surface area contributed by atoms with Crippen molar-refractivity contribution >= 4 is 11.7 Å². The highest BCUT2D eigenvalue weighted by Gasteiger charge is 2.47. The molecule has 0 unspecified atom stereocenters. The molecule has 1 amide bonds. The van der Waals surface area contributed by atoms with Crippen LogP contribution in [0.5, 0.6) is 0 Å². The Morgan fingerprint density at radius 1 is 1.33 bits per heavy atom. The first-order valence-corrected chi connectivity index (χ1v) is 9.08. The fourth-order valence-electron chi connectivity index (χ4n) is 3.73. The van der Waals surface area contributed by atoms with E-state index in [2.05, 4.69) is 17.3 Å². The lowest BCUT2D eigenvalue weighted by Crippen LogP contribution is -2.38. The molecule has 27 heavy (non-hydrogen) atoms. The lowest BCUT2D eigenvalue weighted by Gasteiger charge is -2.32. The number of nitrogens with one attached hydrogen (secondary N) is 1. The summed E-state index contributed by atoms with van der Waals surface area (Å²) in [7, 11) is 0. The smallest absolute Gasteiger partial charge is 0.410 e. The monoisotopic (exact) mass is 382 g/mol. The number of carbonyl (C=O) groups excluding carboxylic acids is 1. The van der Waals surface area contributed by atoms with Gasteiger partial charge in [0.1, 0.15) is 11.6 Å². The normalized spacial score (nSPS) is 23.8. The van der Waals surface area contributed by atoms with Crippen molar-refractivity contribution in [1.82, 2.24) is 14.7 Å². The van der Waals surface area contributed by atoms with Crippen LogP contribution in [-0.4, -0.2) is 39.9 Å². The van der Waals surface area contributed by atoms with Crippen LogP contribution in [0.3, 0.4) is 0 Å². The first-order valence-electron chi connectivity index (χ1n) is 9.08. The standard InChI is InChI=1S/C18H21F3N4O2/c1-11-4-6-24(7-5-11)17(26)13-10-16-22-12(14-3-2-8-27-14)9-15(18(19,20)21)25(16)23-13/h2-3,8,10-12,15,22H,4-7,9H2,1H3/t12-,15+/m0/s1. The maximum atomic E-state index is 13.6. The Hall–Kier alpha value is -2.45. The van der Waals surface area contributed by atoms with Gasteiger partial charge in [0.25, 0.3) is 5.91 Å². The van der Waals surface area contributed by atoms with Gasteiger partial charge in [0.15, 0.2) is 11.7 Å². The number of hydrogen-bond acceptors (Lipinski definition) is 4. The molecule has 2 aliphatic rings. The van der Waals surface area contributed by atoms with Crippen LogP contribution in [0.2, 0.25) is 0 Å². The van der Waals surface area contributed by atoms with Crippen molar-refractivity contribution in [2.75, 3.05) is 18.4 Å². The summed E-state index contributed by atoms with van der Waals surface area (Å²) < 4.78 is 47.0. The van der Waals surface area contributed by atoms with E-state index in [1.807, 2.05) is 0 Å². The Morgan fingerprint density at radius 2 is 2.07 bits per heavy atom. The van der Waals surface area contributed by atoms with Crippen LogP contribution in [-0.2, 0) is 0 Å². The number of furan rings is 1. The number of nitrogens with zero attached hydrogens (tertiary/aromatic N) is 3. The zero-order valence-corrected chi connectivity index (χ0v) is 14.9. The largest absolute Gasteiger partial charge is 0.467 e. The molecule has 1 fully saturated rings. The number of likely N-dealkylation sites (tertiary alicyclic amines) is 1. The van der Waals surface area contributed by atoms with Gasteiger partial charge >= 0.3 is 6.18 Å². The van der Waals surface area contributed by atoms with Crippen molar-refractivity contribution in [3.63, 3.8) is 0 Å². The van der Waals surface area contributed by atoms with E-state index in [9.17, 15) is 18.0 Å².